The number of sulfonamides is 1. The highest BCUT2D eigenvalue weighted by Gasteiger charge is 2.29. The van der Waals surface area contributed by atoms with E-state index in [4.69, 9.17) is 9.57 Å². The molecule has 31 heavy (non-hydrogen) atoms. The van der Waals surface area contributed by atoms with Crippen molar-refractivity contribution in [2.24, 2.45) is 5.92 Å². The van der Waals surface area contributed by atoms with Crippen molar-refractivity contribution in [2.45, 2.75) is 24.7 Å². The van der Waals surface area contributed by atoms with Crippen molar-refractivity contribution in [1.82, 2.24) is 14.3 Å². The first kappa shape index (κ1) is 24.8. The van der Waals surface area contributed by atoms with Crippen LogP contribution in [0, 0.1) is 5.92 Å². The minimum absolute atomic E-state index is 0.0170. The zero-order valence-corrected chi connectivity index (χ0v) is 19.1. The Labute approximate surface area is 182 Å². The molecular weight excluding hydrogens is 426 g/mol. The molecule has 1 aromatic carbocycles. The Kier molecular flexibility index (Phi) is 8.54. The topological polar surface area (TPSA) is 114 Å². The number of amides is 2. The Balaban J connectivity index is 1.94. The molecule has 1 aliphatic rings. The number of esters is 1. The van der Waals surface area contributed by atoms with Gasteiger partial charge in [0, 0.05) is 32.7 Å². The molecule has 2 rings (SSSR count). The van der Waals surface area contributed by atoms with Crippen LogP contribution in [0.4, 0.5) is 0 Å². The lowest BCUT2D eigenvalue weighted by atomic mass is 9.97. The van der Waals surface area contributed by atoms with Crippen LogP contribution >= 0.6 is 0 Å². The SMILES string of the molecule is CCOC(=O)C1CCN(C(=O)CN(C)C(=O)c2ccc(S(=O)(=O)N(C)OC)cc2)CC1. The summed E-state index contributed by atoms with van der Waals surface area (Å²) in [4.78, 5) is 44.6. The lowest BCUT2D eigenvalue weighted by Gasteiger charge is -2.32. The number of likely N-dealkylation sites (tertiary alicyclic amines) is 1. The molecule has 10 nitrogen and oxygen atoms in total. The van der Waals surface area contributed by atoms with Gasteiger partial charge in [0.1, 0.15) is 0 Å². The third-order valence-corrected chi connectivity index (χ3v) is 6.88. The maximum atomic E-state index is 12.6. The van der Waals surface area contributed by atoms with E-state index < -0.39 is 15.9 Å². The van der Waals surface area contributed by atoms with Crippen LogP contribution in [0.1, 0.15) is 30.1 Å². The maximum Gasteiger partial charge on any atom is 0.309 e. The van der Waals surface area contributed by atoms with Gasteiger partial charge in [-0.2, -0.15) is 0 Å². The third-order valence-electron chi connectivity index (χ3n) is 5.18. The van der Waals surface area contributed by atoms with Crippen LogP contribution < -0.4 is 0 Å². The molecule has 1 aliphatic heterocycles. The largest absolute Gasteiger partial charge is 0.466 e. The van der Waals surface area contributed by atoms with E-state index in [-0.39, 0.29) is 34.8 Å². The molecule has 0 atom stereocenters. The average molecular weight is 456 g/mol. The molecule has 0 radical (unpaired) electrons. The molecule has 1 fully saturated rings. The predicted octanol–water partition coefficient (Wildman–Crippen LogP) is 0.742. The molecule has 0 bridgehead atoms. The van der Waals surface area contributed by atoms with Gasteiger partial charge in [-0.1, -0.05) is 4.47 Å². The summed E-state index contributed by atoms with van der Waals surface area (Å²) in [6.45, 7) is 2.85. The van der Waals surface area contributed by atoms with Gasteiger partial charge in [-0.05, 0) is 44.0 Å². The minimum Gasteiger partial charge on any atom is -0.466 e. The zero-order chi connectivity index (χ0) is 23.2. The summed E-state index contributed by atoms with van der Waals surface area (Å²) in [7, 11) is 0.206. The smallest absolute Gasteiger partial charge is 0.309 e. The second-order valence-electron chi connectivity index (χ2n) is 7.19. The van der Waals surface area contributed by atoms with E-state index in [2.05, 4.69) is 0 Å². The van der Waals surface area contributed by atoms with Crippen LogP contribution in [0.3, 0.4) is 0 Å². The Morgan fingerprint density at radius 1 is 1.10 bits per heavy atom. The van der Waals surface area contributed by atoms with Gasteiger partial charge in [0.2, 0.25) is 5.91 Å². The van der Waals surface area contributed by atoms with Crippen molar-refractivity contribution in [1.29, 1.82) is 0 Å². The molecule has 1 heterocycles. The number of hydrogen-bond donors (Lipinski definition) is 0. The van der Waals surface area contributed by atoms with E-state index in [1.54, 1.807) is 11.8 Å². The average Bonchev–Trinajstić information content (AvgIpc) is 2.78. The van der Waals surface area contributed by atoms with Crippen LogP contribution in [0.25, 0.3) is 0 Å². The molecule has 0 spiro atoms. The number of ether oxygens (including phenoxy) is 1. The number of likely N-dealkylation sites (N-methyl/N-ethyl adjacent to an activating group) is 1. The van der Waals surface area contributed by atoms with Crippen LogP contribution in [0.5, 0.6) is 0 Å². The number of carbonyl (C=O) groups excluding carboxylic acids is 3. The standard InChI is InChI=1S/C20H29N3O7S/c1-5-30-20(26)16-10-12-23(13-11-16)18(24)14-21(2)19(25)15-6-8-17(9-7-15)31(27,28)22(3)29-4/h6-9,16H,5,10-14H2,1-4H3. The van der Waals surface area contributed by atoms with Gasteiger partial charge in [-0.15, -0.1) is 0 Å². The predicted molar refractivity (Wildman–Crippen MR) is 111 cm³/mol. The zero-order valence-electron chi connectivity index (χ0n) is 18.2. The van der Waals surface area contributed by atoms with E-state index in [1.807, 2.05) is 0 Å². The van der Waals surface area contributed by atoms with E-state index in [0.29, 0.717) is 32.5 Å². The summed E-state index contributed by atoms with van der Waals surface area (Å²) in [5.41, 5.74) is 0.260. The van der Waals surface area contributed by atoms with E-state index in [9.17, 15) is 22.8 Å². The summed E-state index contributed by atoms with van der Waals surface area (Å²) in [6.07, 6.45) is 1.07. The van der Waals surface area contributed by atoms with Crippen LogP contribution in [-0.4, -0.2) is 87.9 Å². The van der Waals surface area contributed by atoms with Gasteiger partial charge >= 0.3 is 5.97 Å². The molecule has 1 saturated heterocycles. The van der Waals surface area contributed by atoms with Crippen molar-refractivity contribution in [3.8, 4) is 0 Å². The quantitative estimate of drug-likeness (QED) is 0.420. The van der Waals surface area contributed by atoms with Gasteiger partial charge < -0.3 is 14.5 Å². The number of hydroxylamine groups is 1. The van der Waals surface area contributed by atoms with Gasteiger partial charge in [-0.3, -0.25) is 19.2 Å². The van der Waals surface area contributed by atoms with Crippen molar-refractivity contribution in [2.75, 3.05) is 47.4 Å². The van der Waals surface area contributed by atoms with Crippen molar-refractivity contribution in [3.63, 3.8) is 0 Å². The first-order valence-corrected chi connectivity index (χ1v) is 11.4. The summed E-state index contributed by atoms with van der Waals surface area (Å²) < 4.78 is 30.2. The second-order valence-corrected chi connectivity index (χ2v) is 9.13. The molecule has 0 saturated carbocycles. The van der Waals surface area contributed by atoms with Crippen LogP contribution in [-0.2, 0) is 29.2 Å². The molecule has 0 N–H and O–H groups in total. The molecule has 1 aromatic rings. The fourth-order valence-corrected chi connectivity index (χ4v) is 4.21. The minimum atomic E-state index is -3.81. The summed E-state index contributed by atoms with van der Waals surface area (Å²) in [5, 5.41) is 0. The summed E-state index contributed by atoms with van der Waals surface area (Å²) in [6, 6.07) is 5.41. The third kappa shape index (κ3) is 6.02. The lowest BCUT2D eigenvalue weighted by Crippen LogP contribution is -2.45. The van der Waals surface area contributed by atoms with E-state index >= 15 is 0 Å². The highest BCUT2D eigenvalue weighted by Crippen LogP contribution is 2.19. The van der Waals surface area contributed by atoms with Gasteiger partial charge in [0.05, 0.1) is 31.1 Å². The fourth-order valence-electron chi connectivity index (χ4n) is 3.24. The Morgan fingerprint density at radius 3 is 2.19 bits per heavy atom. The maximum absolute atomic E-state index is 12.6. The van der Waals surface area contributed by atoms with Crippen LogP contribution in [0.2, 0.25) is 0 Å². The van der Waals surface area contributed by atoms with Crippen LogP contribution in [0.15, 0.2) is 29.2 Å². The number of rotatable bonds is 8. The monoisotopic (exact) mass is 455 g/mol. The van der Waals surface area contributed by atoms with Crippen molar-refractivity contribution in [3.05, 3.63) is 29.8 Å². The normalized spacial score (nSPS) is 15.1. The molecule has 172 valence electrons. The summed E-state index contributed by atoms with van der Waals surface area (Å²) >= 11 is 0. The van der Waals surface area contributed by atoms with Gasteiger partial charge in [-0.25, -0.2) is 8.42 Å². The number of benzene rings is 1. The first-order chi connectivity index (χ1) is 14.6. The first-order valence-electron chi connectivity index (χ1n) is 9.94. The number of hydrogen-bond acceptors (Lipinski definition) is 7. The number of carbonyl (C=O) groups is 3. The Morgan fingerprint density at radius 2 is 1.68 bits per heavy atom. The van der Waals surface area contributed by atoms with Gasteiger partial charge in [0.25, 0.3) is 15.9 Å². The molecule has 11 heteroatoms. The lowest BCUT2D eigenvalue weighted by molar-refractivity contribution is -0.151. The highest BCUT2D eigenvalue weighted by molar-refractivity contribution is 7.89. The molecular formula is C20H29N3O7S. The van der Waals surface area contributed by atoms with Crippen molar-refractivity contribution < 1.29 is 32.4 Å². The molecule has 0 aliphatic carbocycles. The van der Waals surface area contributed by atoms with Gasteiger partial charge in [0.15, 0.2) is 0 Å². The molecule has 2 amide bonds. The van der Waals surface area contributed by atoms with E-state index in [0.717, 1.165) is 4.47 Å². The van der Waals surface area contributed by atoms with Crippen molar-refractivity contribution >= 4 is 27.8 Å². The molecule has 0 unspecified atom stereocenters. The number of piperidine rings is 1. The Bertz CT molecular complexity index is 894. The Hall–Kier alpha value is -2.50. The summed E-state index contributed by atoms with van der Waals surface area (Å²) in [5.74, 6) is -1.04. The fraction of sp³-hybridized carbons (Fsp3) is 0.550. The second kappa shape index (κ2) is 10.7. The highest BCUT2D eigenvalue weighted by atomic mass is 32.2. The molecule has 0 aromatic heterocycles. The number of nitrogens with zero attached hydrogens (tertiary/aromatic N) is 3. The van der Waals surface area contributed by atoms with E-state index in [1.165, 1.54) is 50.4 Å².